The van der Waals surface area contributed by atoms with Gasteiger partial charge in [-0.25, -0.2) is 0 Å². The highest BCUT2D eigenvalue weighted by molar-refractivity contribution is 5.42. The van der Waals surface area contributed by atoms with Gasteiger partial charge in [-0.2, -0.15) is 0 Å². The summed E-state index contributed by atoms with van der Waals surface area (Å²) in [5.41, 5.74) is 3.81. The van der Waals surface area contributed by atoms with Gasteiger partial charge < -0.3 is 9.47 Å². The zero-order valence-corrected chi connectivity index (χ0v) is 24.0. The van der Waals surface area contributed by atoms with Crippen LogP contribution in [0.25, 0.3) is 0 Å². The third-order valence-electron chi connectivity index (χ3n) is 7.00. The van der Waals surface area contributed by atoms with Crippen molar-refractivity contribution in [1.82, 2.24) is 0 Å². The Morgan fingerprint density at radius 3 is 2.32 bits per heavy atom. The van der Waals surface area contributed by atoms with Crippen LogP contribution in [0, 0.1) is 5.92 Å². The second-order valence-electron chi connectivity index (χ2n) is 10.9. The summed E-state index contributed by atoms with van der Waals surface area (Å²) in [6.45, 7) is 22.4. The van der Waals surface area contributed by atoms with Gasteiger partial charge in [0.15, 0.2) is 0 Å². The van der Waals surface area contributed by atoms with Crippen molar-refractivity contribution in [3.63, 3.8) is 0 Å². The molecular weight excluding hydrogens is 416 g/mol. The molecule has 0 aromatic carbocycles. The molecule has 1 aliphatic rings. The monoisotopic (exact) mass is 472 g/mol. The second-order valence-corrected chi connectivity index (χ2v) is 10.9. The fourth-order valence-corrected chi connectivity index (χ4v) is 5.44. The normalized spacial score (nSPS) is 17.9. The molecule has 0 aromatic heterocycles. The first kappa shape index (κ1) is 30.8. The first-order chi connectivity index (χ1) is 16.2. The molecule has 34 heavy (non-hydrogen) atoms. The molecule has 0 saturated heterocycles. The summed E-state index contributed by atoms with van der Waals surface area (Å²) in [5.74, 6) is 1.69. The van der Waals surface area contributed by atoms with Crippen LogP contribution in [0.3, 0.4) is 0 Å². The van der Waals surface area contributed by atoms with Crippen LogP contribution in [0.2, 0.25) is 0 Å². The van der Waals surface area contributed by atoms with Crippen molar-refractivity contribution in [1.29, 1.82) is 0 Å². The van der Waals surface area contributed by atoms with Gasteiger partial charge in [-0.1, -0.05) is 84.6 Å². The Hall–Kier alpha value is -1.28. The zero-order chi connectivity index (χ0) is 25.6. The van der Waals surface area contributed by atoms with Gasteiger partial charge in [-0.15, -0.1) is 0 Å². The van der Waals surface area contributed by atoms with Gasteiger partial charge in [0, 0.05) is 0 Å². The molecule has 0 aromatic rings. The summed E-state index contributed by atoms with van der Waals surface area (Å²) in [6.07, 6.45) is 21.0. The third kappa shape index (κ3) is 11.0. The van der Waals surface area contributed by atoms with Gasteiger partial charge in [0.05, 0.1) is 17.8 Å². The molecule has 2 nitrogen and oxygen atoms in total. The molecule has 0 N–H and O–H groups in total. The van der Waals surface area contributed by atoms with Gasteiger partial charge >= 0.3 is 0 Å². The minimum atomic E-state index is 0.00525. The number of ether oxygens (including phenoxy) is 2. The SMILES string of the molecule is C=C(CCCC(CCC)(CC(C)CCC)OC(CC)CCC)C1=CC(C)=C(OC(C)C)C=CC1. The fraction of sp³-hybridized carbons (Fsp3) is 0.750. The fourth-order valence-electron chi connectivity index (χ4n) is 5.44. The van der Waals surface area contributed by atoms with Crippen molar-refractivity contribution in [2.75, 3.05) is 0 Å². The second kappa shape index (κ2) is 16.4. The van der Waals surface area contributed by atoms with E-state index in [4.69, 9.17) is 9.47 Å². The molecule has 0 heterocycles. The van der Waals surface area contributed by atoms with Crippen molar-refractivity contribution in [2.45, 2.75) is 150 Å². The van der Waals surface area contributed by atoms with Gasteiger partial charge in [-0.05, 0) is 95.3 Å². The largest absolute Gasteiger partial charge is 0.491 e. The Bertz CT molecular complexity index is 681. The molecule has 0 bridgehead atoms. The average Bonchev–Trinajstić information content (AvgIpc) is 2.94. The van der Waals surface area contributed by atoms with E-state index >= 15 is 0 Å². The molecule has 0 fully saturated rings. The molecule has 0 amide bonds. The van der Waals surface area contributed by atoms with E-state index in [1.54, 1.807) is 0 Å². The molecule has 0 saturated carbocycles. The van der Waals surface area contributed by atoms with Crippen LogP contribution in [0.5, 0.6) is 0 Å². The Labute approximate surface area is 213 Å². The molecule has 3 unspecified atom stereocenters. The Morgan fingerprint density at radius 2 is 1.74 bits per heavy atom. The van der Waals surface area contributed by atoms with Crippen LogP contribution in [0.15, 0.2) is 47.3 Å². The maximum absolute atomic E-state index is 7.02. The van der Waals surface area contributed by atoms with Crippen LogP contribution in [-0.2, 0) is 9.47 Å². The topological polar surface area (TPSA) is 18.5 Å². The number of hydrogen-bond donors (Lipinski definition) is 0. The maximum atomic E-state index is 7.02. The van der Waals surface area contributed by atoms with E-state index in [1.807, 2.05) is 0 Å². The molecule has 1 rings (SSSR count). The molecule has 196 valence electrons. The first-order valence-corrected chi connectivity index (χ1v) is 14.3. The standard InChI is InChI=1S/C32H56O2/c1-10-16-26(7)24-32(21-12-3,34-30(13-4)17-11-2)22-15-18-27(8)29-19-14-20-31(28(9)23-29)33-25(5)6/h14,20,23,25-26,30H,8,10-13,15-19,21-22,24H2,1-7,9H3. The predicted octanol–water partition coefficient (Wildman–Crippen LogP) is 10.3. The van der Waals surface area contributed by atoms with Crippen LogP contribution in [0.1, 0.15) is 132 Å². The van der Waals surface area contributed by atoms with E-state index in [-0.39, 0.29) is 11.7 Å². The van der Waals surface area contributed by atoms with Crippen LogP contribution in [0.4, 0.5) is 0 Å². The van der Waals surface area contributed by atoms with Gasteiger partial charge in [-0.3, -0.25) is 0 Å². The summed E-state index contributed by atoms with van der Waals surface area (Å²) in [6, 6.07) is 0. The highest BCUT2D eigenvalue weighted by atomic mass is 16.5. The number of hydrogen-bond acceptors (Lipinski definition) is 2. The molecular formula is C32H56O2. The highest BCUT2D eigenvalue weighted by Crippen LogP contribution is 2.37. The number of allylic oxidation sites excluding steroid dienone is 6. The van der Waals surface area contributed by atoms with E-state index in [1.165, 1.54) is 55.2 Å². The summed E-state index contributed by atoms with van der Waals surface area (Å²) in [4.78, 5) is 0. The molecule has 0 radical (unpaired) electrons. The first-order valence-electron chi connectivity index (χ1n) is 14.3. The van der Waals surface area contributed by atoms with E-state index in [0.29, 0.717) is 12.0 Å². The molecule has 3 atom stereocenters. The van der Waals surface area contributed by atoms with E-state index in [0.717, 1.165) is 44.3 Å². The molecule has 0 spiro atoms. The average molecular weight is 473 g/mol. The van der Waals surface area contributed by atoms with Gasteiger partial charge in [0.2, 0.25) is 0 Å². The predicted molar refractivity (Wildman–Crippen MR) is 150 cm³/mol. The van der Waals surface area contributed by atoms with E-state index < -0.39 is 0 Å². The van der Waals surface area contributed by atoms with Crippen LogP contribution >= 0.6 is 0 Å². The molecule has 2 heteroatoms. The Balaban J connectivity index is 2.94. The van der Waals surface area contributed by atoms with Crippen molar-refractivity contribution < 1.29 is 9.47 Å². The highest BCUT2D eigenvalue weighted by Gasteiger charge is 2.33. The van der Waals surface area contributed by atoms with E-state index in [2.05, 4.69) is 80.2 Å². The lowest BCUT2D eigenvalue weighted by atomic mass is 9.81. The van der Waals surface area contributed by atoms with Gasteiger partial charge in [0.1, 0.15) is 5.76 Å². The van der Waals surface area contributed by atoms with Crippen molar-refractivity contribution >= 4 is 0 Å². The summed E-state index contributed by atoms with van der Waals surface area (Å²) >= 11 is 0. The van der Waals surface area contributed by atoms with E-state index in [9.17, 15) is 0 Å². The van der Waals surface area contributed by atoms with Crippen molar-refractivity contribution in [3.8, 4) is 0 Å². The lowest BCUT2D eigenvalue weighted by Gasteiger charge is -2.39. The van der Waals surface area contributed by atoms with Crippen LogP contribution in [-0.4, -0.2) is 17.8 Å². The number of rotatable bonds is 18. The third-order valence-corrected chi connectivity index (χ3v) is 7.00. The summed E-state index contributed by atoms with van der Waals surface area (Å²) in [5, 5.41) is 0. The summed E-state index contributed by atoms with van der Waals surface area (Å²) < 4.78 is 13.0. The minimum absolute atomic E-state index is 0.00525. The molecule has 0 aliphatic heterocycles. The Kier molecular flexibility index (Phi) is 14.8. The Morgan fingerprint density at radius 1 is 1.03 bits per heavy atom. The quantitative estimate of drug-likeness (QED) is 0.197. The maximum Gasteiger partial charge on any atom is 0.122 e. The smallest absolute Gasteiger partial charge is 0.122 e. The van der Waals surface area contributed by atoms with Crippen molar-refractivity contribution in [2.24, 2.45) is 5.92 Å². The van der Waals surface area contributed by atoms with Crippen molar-refractivity contribution in [3.05, 3.63) is 47.3 Å². The molecule has 1 aliphatic carbocycles. The lowest BCUT2D eigenvalue weighted by molar-refractivity contribution is -0.120. The summed E-state index contributed by atoms with van der Waals surface area (Å²) in [7, 11) is 0. The lowest BCUT2D eigenvalue weighted by Crippen LogP contribution is -2.38. The zero-order valence-electron chi connectivity index (χ0n) is 24.0. The van der Waals surface area contributed by atoms with Crippen LogP contribution < -0.4 is 0 Å². The van der Waals surface area contributed by atoms with Gasteiger partial charge in [0.25, 0.3) is 0 Å². The minimum Gasteiger partial charge on any atom is -0.491 e.